The van der Waals surface area contributed by atoms with Gasteiger partial charge in [0, 0.05) is 11.0 Å². The van der Waals surface area contributed by atoms with Crippen molar-refractivity contribution in [3.63, 3.8) is 0 Å². The first kappa shape index (κ1) is 13.9. The number of hydrogen-bond acceptors (Lipinski definition) is 3. The molecule has 0 radical (unpaired) electrons. The van der Waals surface area contributed by atoms with E-state index in [-0.39, 0.29) is 11.1 Å². The Balaban J connectivity index is 1.88. The molecule has 0 spiro atoms. The molecule has 4 heteroatoms. The highest BCUT2D eigenvalue weighted by atomic mass is 16.4. The minimum Gasteiger partial charge on any atom is -0.465 e. The molecule has 3 nitrogen and oxygen atoms in total. The Morgan fingerprint density at radius 3 is 2.48 bits per heavy atom. The molecule has 1 heterocycles. The van der Waals surface area contributed by atoms with Gasteiger partial charge in [0.15, 0.2) is 0 Å². The average molecular weight is 280 g/mol. The Bertz CT molecular complexity index is 667. The smallest absolute Gasteiger partial charge is 0.465 e. The van der Waals surface area contributed by atoms with Gasteiger partial charge in [0.2, 0.25) is 0 Å². The van der Waals surface area contributed by atoms with Gasteiger partial charge in [-0.25, -0.2) is 0 Å². The molecule has 1 aliphatic carbocycles. The lowest BCUT2D eigenvalue weighted by molar-refractivity contribution is 0.409. The fraction of sp³-hybridized carbons (Fsp3) is 0.176. The summed E-state index contributed by atoms with van der Waals surface area (Å²) in [5.41, 5.74) is 2.28. The van der Waals surface area contributed by atoms with E-state index < -0.39 is 7.12 Å². The third-order valence-corrected chi connectivity index (χ3v) is 3.98. The van der Waals surface area contributed by atoms with Crippen LogP contribution in [-0.4, -0.2) is 17.2 Å². The lowest BCUT2D eigenvalue weighted by Crippen LogP contribution is -2.28. The van der Waals surface area contributed by atoms with Crippen molar-refractivity contribution in [2.45, 2.75) is 18.3 Å². The Kier molecular flexibility index (Phi) is 3.58. The molecular formula is C17H17BO3. The number of allylic oxidation sites excluding steroid dienone is 1. The van der Waals surface area contributed by atoms with E-state index in [2.05, 4.69) is 24.8 Å². The first-order chi connectivity index (χ1) is 10.1. The van der Waals surface area contributed by atoms with Gasteiger partial charge < -0.3 is 14.5 Å². The largest absolute Gasteiger partial charge is 0.526 e. The molecule has 1 aromatic heterocycles. The molecule has 0 amide bonds. The molecule has 1 aliphatic rings. The molecule has 1 aromatic carbocycles. The summed E-state index contributed by atoms with van der Waals surface area (Å²) in [4.78, 5) is 0. The second-order valence-corrected chi connectivity index (χ2v) is 5.40. The van der Waals surface area contributed by atoms with E-state index in [0.29, 0.717) is 5.76 Å². The fourth-order valence-electron chi connectivity index (χ4n) is 2.55. The predicted molar refractivity (Wildman–Crippen MR) is 85.0 cm³/mol. The van der Waals surface area contributed by atoms with E-state index in [0.717, 1.165) is 18.4 Å². The van der Waals surface area contributed by atoms with Crippen LogP contribution in [0.3, 0.4) is 0 Å². The topological polar surface area (TPSA) is 53.6 Å². The zero-order chi connectivity index (χ0) is 14.9. The predicted octanol–water partition coefficient (Wildman–Crippen LogP) is 2.35. The van der Waals surface area contributed by atoms with Crippen LogP contribution in [0.2, 0.25) is 0 Å². The van der Waals surface area contributed by atoms with Crippen molar-refractivity contribution in [1.82, 2.24) is 0 Å². The number of benzene rings is 1. The van der Waals surface area contributed by atoms with Gasteiger partial charge in [0.05, 0.1) is 0 Å². The summed E-state index contributed by atoms with van der Waals surface area (Å²) in [5.74, 6) is 0.607. The molecule has 0 unspecified atom stereocenters. The highest BCUT2D eigenvalue weighted by Gasteiger charge is 2.41. The summed E-state index contributed by atoms with van der Waals surface area (Å²) >= 11 is 0. The monoisotopic (exact) mass is 280 g/mol. The number of furan rings is 1. The lowest BCUT2D eigenvalue weighted by Gasteiger charge is -2.09. The minimum absolute atomic E-state index is 0.0878. The molecule has 0 saturated heterocycles. The molecule has 0 bridgehead atoms. The van der Waals surface area contributed by atoms with Gasteiger partial charge in [-0.2, -0.15) is 0 Å². The molecule has 106 valence electrons. The molecule has 21 heavy (non-hydrogen) atoms. The van der Waals surface area contributed by atoms with Crippen LogP contribution in [-0.2, 0) is 5.41 Å². The molecular weight excluding hydrogens is 263 g/mol. The Morgan fingerprint density at radius 1 is 1.19 bits per heavy atom. The number of hydrogen-bond donors (Lipinski definition) is 2. The summed E-state index contributed by atoms with van der Waals surface area (Å²) in [5, 5.41) is 18.4. The van der Waals surface area contributed by atoms with Crippen molar-refractivity contribution >= 4 is 24.9 Å². The van der Waals surface area contributed by atoms with Gasteiger partial charge in [-0.05, 0) is 30.5 Å². The highest BCUT2D eigenvalue weighted by molar-refractivity contribution is 6.57. The molecule has 1 saturated carbocycles. The third-order valence-electron chi connectivity index (χ3n) is 3.98. The van der Waals surface area contributed by atoms with Gasteiger partial charge in [0.25, 0.3) is 0 Å². The van der Waals surface area contributed by atoms with Crippen molar-refractivity contribution in [2.75, 3.05) is 0 Å². The van der Waals surface area contributed by atoms with Crippen LogP contribution < -0.4 is 5.66 Å². The van der Waals surface area contributed by atoms with E-state index in [1.165, 1.54) is 5.56 Å². The number of rotatable bonds is 5. The quantitative estimate of drug-likeness (QED) is 0.827. The highest BCUT2D eigenvalue weighted by Crippen LogP contribution is 2.49. The standard InChI is InChI=1S/C17H17BO3/c1-2-13-12-16(18(19)20)21-15(13)8-9-17(10-11-17)14-6-4-3-5-7-14/h2-9,12,19-20H,1,10-11H2/b9-8+. The fourth-order valence-corrected chi connectivity index (χ4v) is 2.55. The van der Waals surface area contributed by atoms with Gasteiger partial charge >= 0.3 is 7.12 Å². The summed E-state index contributed by atoms with van der Waals surface area (Å²) in [6.45, 7) is 3.73. The molecule has 1 fully saturated rings. The second-order valence-electron chi connectivity index (χ2n) is 5.40. The maximum atomic E-state index is 9.18. The van der Waals surface area contributed by atoms with Crippen LogP contribution in [0.5, 0.6) is 0 Å². The Hall–Kier alpha value is -2.04. The third kappa shape index (κ3) is 2.73. The summed E-state index contributed by atoms with van der Waals surface area (Å²) in [7, 11) is -1.60. The molecule has 2 N–H and O–H groups in total. The van der Waals surface area contributed by atoms with Crippen LogP contribution in [0.15, 0.2) is 53.5 Å². The minimum atomic E-state index is -1.60. The van der Waals surface area contributed by atoms with E-state index in [9.17, 15) is 10.0 Å². The SMILES string of the molecule is C=Cc1cc(B(O)O)oc1/C=C/C1(c2ccccc2)CC1. The normalized spacial score (nSPS) is 16.1. The van der Waals surface area contributed by atoms with E-state index in [4.69, 9.17) is 4.42 Å². The first-order valence-corrected chi connectivity index (χ1v) is 7.02. The van der Waals surface area contributed by atoms with Crippen LogP contribution in [0.25, 0.3) is 12.2 Å². The molecule has 2 aromatic rings. The molecule has 0 aliphatic heterocycles. The zero-order valence-corrected chi connectivity index (χ0v) is 11.7. The first-order valence-electron chi connectivity index (χ1n) is 7.02. The Morgan fingerprint density at radius 2 is 1.90 bits per heavy atom. The van der Waals surface area contributed by atoms with Crippen LogP contribution >= 0.6 is 0 Å². The van der Waals surface area contributed by atoms with Crippen molar-refractivity contribution in [3.05, 3.63) is 65.9 Å². The van der Waals surface area contributed by atoms with Crippen LogP contribution in [0, 0.1) is 0 Å². The molecule has 3 rings (SSSR count). The summed E-state index contributed by atoms with van der Waals surface area (Å²) < 4.78 is 5.47. The molecule has 0 atom stereocenters. The zero-order valence-electron chi connectivity index (χ0n) is 11.7. The maximum absolute atomic E-state index is 9.18. The van der Waals surface area contributed by atoms with Crippen molar-refractivity contribution in [3.8, 4) is 0 Å². The van der Waals surface area contributed by atoms with Crippen LogP contribution in [0.4, 0.5) is 0 Å². The van der Waals surface area contributed by atoms with Crippen LogP contribution in [0.1, 0.15) is 29.7 Å². The lowest BCUT2D eigenvalue weighted by atomic mass is 9.87. The van der Waals surface area contributed by atoms with Gasteiger partial charge in [-0.15, -0.1) is 0 Å². The second kappa shape index (κ2) is 5.39. The van der Waals surface area contributed by atoms with Gasteiger partial charge in [0.1, 0.15) is 11.4 Å². The summed E-state index contributed by atoms with van der Waals surface area (Å²) in [6.07, 6.45) is 7.93. The van der Waals surface area contributed by atoms with E-state index in [1.54, 1.807) is 12.1 Å². The van der Waals surface area contributed by atoms with E-state index >= 15 is 0 Å². The average Bonchev–Trinajstić information content (AvgIpc) is 3.18. The van der Waals surface area contributed by atoms with Crippen molar-refractivity contribution < 1.29 is 14.5 Å². The van der Waals surface area contributed by atoms with Gasteiger partial charge in [-0.3, -0.25) is 0 Å². The van der Waals surface area contributed by atoms with Crippen molar-refractivity contribution in [1.29, 1.82) is 0 Å². The van der Waals surface area contributed by atoms with Gasteiger partial charge in [-0.1, -0.05) is 49.1 Å². The van der Waals surface area contributed by atoms with E-state index in [1.807, 2.05) is 24.3 Å². The summed E-state index contributed by atoms with van der Waals surface area (Å²) in [6, 6.07) is 12.0. The Labute approximate surface area is 124 Å². The van der Waals surface area contributed by atoms with Crippen molar-refractivity contribution in [2.24, 2.45) is 0 Å². The maximum Gasteiger partial charge on any atom is 0.526 e.